The Hall–Kier alpha value is -1.34. The van der Waals surface area contributed by atoms with Gasteiger partial charge in [0.15, 0.2) is 11.6 Å². The molecule has 0 aliphatic carbocycles. The summed E-state index contributed by atoms with van der Waals surface area (Å²) in [4.78, 5) is 0. The van der Waals surface area contributed by atoms with Crippen LogP contribution in [0.1, 0.15) is 12.5 Å². The first kappa shape index (κ1) is 16.7. The molecule has 0 radical (unpaired) electrons. The molecule has 1 rings (SSSR count). The molecule has 0 aromatic heterocycles. The summed E-state index contributed by atoms with van der Waals surface area (Å²) in [5.74, 6) is -0.500. The Balaban J connectivity index is 2.46. The molecule has 0 bridgehead atoms. The highest BCUT2D eigenvalue weighted by Crippen LogP contribution is 2.22. The van der Waals surface area contributed by atoms with Crippen LogP contribution in [0.2, 0.25) is 0 Å². The van der Waals surface area contributed by atoms with E-state index in [0.29, 0.717) is 18.7 Å². The SMILES string of the molecule is CCNCc1cccc(F)c1OCCOCC(F)(F)F. The van der Waals surface area contributed by atoms with Gasteiger partial charge in [-0.15, -0.1) is 0 Å². The van der Waals surface area contributed by atoms with Crippen molar-refractivity contribution in [3.05, 3.63) is 29.6 Å². The molecule has 0 amide bonds. The van der Waals surface area contributed by atoms with Gasteiger partial charge >= 0.3 is 6.18 Å². The first-order valence-corrected chi connectivity index (χ1v) is 6.19. The predicted molar refractivity (Wildman–Crippen MR) is 66.1 cm³/mol. The lowest BCUT2D eigenvalue weighted by Crippen LogP contribution is -2.20. The average Bonchev–Trinajstić information content (AvgIpc) is 2.36. The number of ether oxygens (including phenoxy) is 2. The third-order valence-corrected chi connectivity index (χ3v) is 2.35. The molecule has 0 saturated carbocycles. The minimum atomic E-state index is -4.37. The number of hydrogen-bond acceptors (Lipinski definition) is 3. The number of nitrogens with one attached hydrogen (secondary N) is 1. The summed E-state index contributed by atoms with van der Waals surface area (Å²) < 4.78 is 58.7. The van der Waals surface area contributed by atoms with Gasteiger partial charge in [-0.2, -0.15) is 13.2 Å². The van der Waals surface area contributed by atoms with Crippen molar-refractivity contribution >= 4 is 0 Å². The zero-order valence-electron chi connectivity index (χ0n) is 11.1. The van der Waals surface area contributed by atoms with Crippen LogP contribution in [0.15, 0.2) is 18.2 Å². The number of para-hydroxylation sites is 1. The molecule has 20 heavy (non-hydrogen) atoms. The van der Waals surface area contributed by atoms with Gasteiger partial charge in [0.2, 0.25) is 0 Å². The van der Waals surface area contributed by atoms with Gasteiger partial charge < -0.3 is 14.8 Å². The molecule has 0 unspecified atom stereocenters. The highest BCUT2D eigenvalue weighted by atomic mass is 19.4. The highest BCUT2D eigenvalue weighted by Gasteiger charge is 2.27. The normalized spacial score (nSPS) is 11.7. The van der Waals surface area contributed by atoms with Crippen LogP contribution in [0.4, 0.5) is 17.6 Å². The molecule has 1 aromatic rings. The summed E-state index contributed by atoms with van der Waals surface area (Å²) >= 11 is 0. The van der Waals surface area contributed by atoms with Crippen LogP contribution in [0.25, 0.3) is 0 Å². The molecule has 0 atom stereocenters. The van der Waals surface area contributed by atoms with Gasteiger partial charge in [-0.1, -0.05) is 19.1 Å². The van der Waals surface area contributed by atoms with Gasteiger partial charge in [-0.25, -0.2) is 4.39 Å². The van der Waals surface area contributed by atoms with E-state index < -0.39 is 18.6 Å². The van der Waals surface area contributed by atoms with Gasteiger partial charge in [-0.05, 0) is 12.6 Å². The van der Waals surface area contributed by atoms with Crippen molar-refractivity contribution in [1.82, 2.24) is 5.32 Å². The number of halogens is 4. The van der Waals surface area contributed by atoms with Gasteiger partial charge in [0.05, 0.1) is 6.61 Å². The van der Waals surface area contributed by atoms with E-state index in [-0.39, 0.29) is 19.0 Å². The van der Waals surface area contributed by atoms with E-state index in [1.807, 2.05) is 6.92 Å². The van der Waals surface area contributed by atoms with E-state index in [1.54, 1.807) is 12.1 Å². The van der Waals surface area contributed by atoms with Crippen molar-refractivity contribution in [3.63, 3.8) is 0 Å². The van der Waals surface area contributed by atoms with Gasteiger partial charge in [0.1, 0.15) is 13.2 Å². The Morgan fingerprint density at radius 1 is 1.20 bits per heavy atom. The van der Waals surface area contributed by atoms with Gasteiger partial charge in [0.25, 0.3) is 0 Å². The van der Waals surface area contributed by atoms with Crippen molar-refractivity contribution in [2.45, 2.75) is 19.6 Å². The quantitative estimate of drug-likeness (QED) is 0.591. The van der Waals surface area contributed by atoms with Crippen LogP contribution in [0, 0.1) is 5.82 Å². The monoisotopic (exact) mass is 295 g/mol. The van der Waals surface area contributed by atoms with E-state index in [9.17, 15) is 17.6 Å². The Labute approximate surface area is 114 Å². The Bertz CT molecular complexity index is 410. The Morgan fingerprint density at radius 2 is 1.95 bits per heavy atom. The van der Waals surface area contributed by atoms with Crippen molar-refractivity contribution in [2.24, 2.45) is 0 Å². The van der Waals surface area contributed by atoms with Crippen molar-refractivity contribution < 1.29 is 27.0 Å². The summed E-state index contributed by atoms with van der Waals surface area (Å²) in [6.07, 6.45) is -4.37. The first-order chi connectivity index (χ1) is 9.44. The summed E-state index contributed by atoms with van der Waals surface area (Å²) in [5, 5.41) is 3.03. The minimum Gasteiger partial charge on any atom is -0.488 e. The van der Waals surface area contributed by atoms with E-state index in [0.717, 1.165) is 0 Å². The number of rotatable bonds is 8. The fourth-order valence-electron chi connectivity index (χ4n) is 1.50. The van der Waals surface area contributed by atoms with Gasteiger partial charge in [0, 0.05) is 12.1 Å². The molecule has 1 aromatic carbocycles. The third-order valence-electron chi connectivity index (χ3n) is 2.35. The third kappa shape index (κ3) is 6.21. The summed E-state index contributed by atoms with van der Waals surface area (Å²) in [6.45, 7) is 1.31. The predicted octanol–water partition coefficient (Wildman–Crippen LogP) is 2.89. The average molecular weight is 295 g/mol. The maximum absolute atomic E-state index is 13.6. The largest absolute Gasteiger partial charge is 0.488 e. The molecule has 0 spiro atoms. The lowest BCUT2D eigenvalue weighted by molar-refractivity contribution is -0.175. The molecular weight excluding hydrogens is 278 g/mol. The topological polar surface area (TPSA) is 30.5 Å². The van der Waals surface area contributed by atoms with Crippen LogP contribution in [0.3, 0.4) is 0 Å². The van der Waals surface area contributed by atoms with Crippen molar-refractivity contribution in [1.29, 1.82) is 0 Å². The number of hydrogen-bond donors (Lipinski definition) is 1. The number of benzene rings is 1. The molecule has 0 saturated heterocycles. The Kier molecular flexibility index (Phi) is 6.74. The molecule has 114 valence electrons. The van der Waals surface area contributed by atoms with Crippen LogP contribution >= 0.6 is 0 Å². The molecule has 1 N–H and O–H groups in total. The zero-order chi connectivity index (χ0) is 15.0. The second-order valence-electron chi connectivity index (χ2n) is 4.02. The second-order valence-corrected chi connectivity index (χ2v) is 4.02. The maximum atomic E-state index is 13.6. The van der Waals surface area contributed by atoms with E-state index in [1.165, 1.54) is 6.07 Å². The smallest absolute Gasteiger partial charge is 0.411 e. The Morgan fingerprint density at radius 3 is 2.60 bits per heavy atom. The second kappa shape index (κ2) is 8.06. The molecule has 0 fully saturated rings. The fourth-order valence-corrected chi connectivity index (χ4v) is 1.50. The summed E-state index contributed by atoms with van der Waals surface area (Å²) in [6, 6.07) is 4.48. The van der Waals surface area contributed by atoms with Crippen LogP contribution < -0.4 is 10.1 Å². The van der Waals surface area contributed by atoms with Crippen molar-refractivity contribution in [2.75, 3.05) is 26.4 Å². The molecule has 0 aliphatic rings. The number of alkyl halides is 3. The molecule has 3 nitrogen and oxygen atoms in total. The molecular formula is C13H17F4NO2. The zero-order valence-corrected chi connectivity index (χ0v) is 11.1. The minimum absolute atomic E-state index is 0.0454. The molecule has 0 aliphatic heterocycles. The molecule has 7 heteroatoms. The van der Waals surface area contributed by atoms with E-state index in [4.69, 9.17) is 4.74 Å². The van der Waals surface area contributed by atoms with Crippen LogP contribution in [0.5, 0.6) is 5.75 Å². The van der Waals surface area contributed by atoms with Gasteiger partial charge in [-0.3, -0.25) is 0 Å². The maximum Gasteiger partial charge on any atom is 0.411 e. The lowest BCUT2D eigenvalue weighted by atomic mass is 10.2. The first-order valence-electron chi connectivity index (χ1n) is 6.19. The molecule has 0 heterocycles. The summed E-state index contributed by atoms with van der Waals surface area (Å²) in [7, 11) is 0. The fraction of sp³-hybridized carbons (Fsp3) is 0.538. The lowest BCUT2D eigenvalue weighted by Gasteiger charge is -2.13. The standard InChI is InChI=1S/C13H17F4NO2/c1-2-18-8-10-4-3-5-11(14)12(10)20-7-6-19-9-13(15,16)17/h3-5,18H,2,6-9H2,1H3. The summed E-state index contributed by atoms with van der Waals surface area (Å²) in [5.41, 5.74) is 0.614. The van der Waals surface area contributed by atoms with Crippen LogP contribution in [-0.2, 0) is 11.3 Å². The van der Waals surface area contributed by atoms with E-state index in [2.05, 4.69) is 10.1 Å². The van der Waals surface area contributed by atoms with Crippen LogP contribution in [-0.4, -0.2) is 32.5 Å². The highest BCUT2D eigenvalue weighted by molar-refractivity contribution is 5.34. The van der Waals surface area contributed by atoms with E-state index >= 15 is 0 Å². The van der Waals surface area contributed by atoms with Crippen molar-refractivity contribution in [3.8, 4) is 5.75 Å².